The third-order valence-electron chi connectivity index (χ3n) is 4.28. The summed E-state index contributed by atoms with van der Waals surface area (Å²) >= 11 is 0. The Balaban J connectivity index is 1.69. The second-order valence-corrected chi connectivity index (χ2v) is 5.88. The summed E-state index contributed by atoms with van der Waals surface area (Å²) in [4.78, 5) is 30.0. The van der Waals surface area contributed by atoms with Crippen LogP contribution >= 0.6 is 0 Å². The molecule has 0 saturated carbocycles. The molecule has 2 aliphatic rings. The Morgan fingerprint density at radius 2 is 2.24 bits per heavy atom. The van der Waals surface area contributed by atoms with E-state index in [0.717, 1.165) is 23.2 Å². The molecule has 7 nitrogen and oxygen atoms in total. The van der Waals surface area contributed by atoms with Crippen molar-refractivity contribution >= 4 is 23.6 Å². The molecule has 0 bridgehead atoms. The summed E-state index contributed by atoms with van der Waals surface area (Å²) < 4.78 is 5.43. The smallest absolute Gasteiger partial charge is 0.274 e. The van der Waals surface area contributed by atoms with Gasteiger partial charge in [-0.15, -0.1) is 0 Å². The first-order chi connectivity index (χ1) is 12.2. The molecule has 1 aliphatic heterocycles. The number of hydrogen-bond donors (Lipinski definition) is 2. The van der Waals surface area contributed by atoms with Crippen LogP contribution in [0.5, 0.6) is 5.75 Å². The predicted octanol–water partition coefficient (Wildman–Crippen LogP) is 1.70. The summed E-state index contributed by atoms with van der Waals surface area (Å²) in [6, 6.07) is 6.68. The van der Waals surface area contributed by atoms with Gasteiger partial charge < -0.3 is 9.64 Å². The van der Waals surface area contributed by atoms with Gasteiger partial charge in [-0.1, -0.05) is 12.2 Å². The first-order valence-corrected chi connectivity index (χ1v) is 7.81. The molecule has 0 saturated heterocycles. The number of hydrogen-bond acceptors (Lipinski definition) is 5. The van der Waals surface area contributed by atoms with Gasteiger partial charge >= 0.3 is 0 Å². The van der Waals surface area contributed by atoms with Crippen LogP contribution in [0, 0.1) is 0 Å². The molecule has 0 unspecified atom stereocenters. The topological polar surface area (TPSA) is 91.8 Å². The molecule has 1 aliphatic carbocycles. The molecule has 7 heteroatoms. The van der Waals surface area contributed by atoms with Gasteiger partial charge in [-0.3, -0.25) is 19.8 Å². The average molecular weight is 337 g/mol. The molecule has 126 valence electrons. The predicted molar refractivity (Wildman–Crippen MR) is 89.4 cm³/mol. The van der Waals surface area contributed by atoms with Gasteiger partial charge in [-0.05, 0) is 35.4 Å². The number of allylic oxidation sites excluding steroid dienone is 1. The molecule has 0 fully saturated rings. The number of fused-ring (bicyclic) bond motifs is 2. The summed E-state index contributed by atoms with van der Waals surface area (Å²) in [5.74, 6) is -0.335. The Bertz CT molecular complexity index is 907. The van der Waals surface area contributed by atoms with E-state index in [4.69, 9.17) is 9.94 Å². The molecule has 2 aromatic rings. The lowest BCUT2D eigenvalue weighted by Gasteiger charge is -2.29. The van der Waals surface area contributed by atoms with Crippen molar-refractivity contribution in [3.8, 4) is 5.75 Å². The maximum Gasteiger partial charge on any atom is 0.274 e. The van der Waals surface area contributed by atoms with Crippen molar-refractivity contribution in [1.29, 1.82) is 0 Å². The van der Waals surface area contributed by atoms with Gasteiger partial charge in [0.05, 0.1) is 17.9 Å². The van der Waals surface area contributed by atoms with E-state index in [0.29, 0.717) is 18.0 Å². The highest BCUT2D eigenvalue weighted by Crippen LogP contribution is 2.34. The zero-order valence-electron chi connectivity index (χ0n) is 13.2. The van der Waals surface area contributed by atoms with E-state index in [1.54, 1.807) is 22.6 Å². The van der Waals surface area contributed by atoms with Crippen LogP contribution in [0.15, 0.2) is 36.5 Å². The Hall–Kier alpha value is -3.19. The van der Waals surface area contributed by atoms with Crippen molar-refractivity contribution in [2.45, 2.75) is 13.0 Å². The Kier molecular flexibility index (Phi) is 3.70. The third kappa shape index (κ3) is 2.74. The molecule has 25 heavy (non-hydrogen) atoms. The van der Waals surface area contributed by atoms with Gasteiger partial charge in [0.1, 0.15) is 5.75 Å². The number of amides is 2. The standard InChI is InChI=1S/C18H15N3O4/c22-17-10-25-16-5-4-13(18(23)20-24)7-15(16)21(17)9-11-6-12-2-1-3-14(12)19-8-11/h1-2,4-8,24H,3,9-10H2,(H,20,23). The average Bonchev–Trinajstić information content (AvgIpc) is 3.11. The van der Waals surface area contributed by atoms with Crippen LogP contribution < -0.4 is 15.1 Å². The van der Waals surface area contributed by atoms with Crippen LogP contribution in [0.3, 0.4) is 0 Å². The maximum atomic E-state index is 12.4. The summed E-state index contributed by atoms with van der Waals surface area (Å²) in [6.07, 6.45) is 6.66. The SMILES string of the molecule is O=C(NO)c1ccc2c(c1)N(Cc1cnc3c(c1)C=CC3)C(=O)CO2. The number of anilines is 1. The fraction of sp³-hybridized carbons (Fsp3) is 0.167. The fourth-order valence-corrected chi connectivity index (χ4v) is 3.02. The van der Waals surface area contributed by atoms with Crippen molar-refractivity contribution in [2.24, 2.45) is 0 Å². The molecule has 2 N–H and O–H groups in total. The lowest BCUT2D eigenvalue weighted by Crippen LogP contribution is -2.38. The molecule has 0 radical (unpaired) electrons. The third-order valence-corrected chi connectivity index (χ3v) is 4.28. The molecule has 2 amide bonds. The van der Waals surface area contributed by atoms with Crippen molar-refractivity contribution in [3.63, 3.8) is 0 Å². The van der Waals surface area contributed by atoms with Gasteiger partial charge in [0.15, 0.2) is 6.61 Å². The molecular weight excluding hydrogens is 322 g/mol. The number of nitrogens with one attached hydrogen (secondary N) is 1. The molecule has 0 atom stereocenters. The van der Waals surface area contributed by atoms with Crippen LogP contribution in [0.1, 0.15) is 27.2 Å². The number of benzene rings is 1. The number of ether oxygens (including phenoxy) is 1. The van der Waals surface area contributed by atoms with Gasteiger partial charge in [-0.25, -0.2) is 5.48 Å². The first-order valence-electron chi connectivity index (χ1n) is 7.81. The normalized spacial score (nSPS) is 14.8. The highest BCUT2D eigenvalue weighted by atomic mass is 16.5. The molecule has 1 aromatic carbocycles. The number of nitrogens with zero attached hydrogens (tertiary/aromatic N) is 2. The van der Waals surface area contributed by atoms with Crippen molar-refractivity contribution in [2.75, 3.05) is 11.5 Å². The number of rotatable bonds is 3. The number of hydroxylamine groups is 1. The Labute approximate surface area is 143 Å². The second kappa shape index (κ2) is 6.03. The lowest BCUT2D eigenvalue weighted by molar-refractivity contribution is -0.121. The van der Waals surface area contributed by atoms with Crippen LogP contribution in [-0.2, 0) is 17.8 Å². The van der Waals surface area contributed by atoms with E-state index in [1.807, 2.05) is 12.1 Å². The monoisotopic (exact) mass is 337 g/mol. The molecule has 1 aromatic heterocycles. The summed E-state index contributed by atoms with van der Waals surface area (Å²) in [5, 5.41) is 8.81. The van der Waals surface area contributed by atoms with E-state index < -0.39 is 5.91 Å². The van der Waals surface area contributed by atoms with E-state index in [-0.39, 0.29) is 18.1 Å². The highest BCUT2D eigenvalue weighted by Gasteiger charge is 2.27. The minimum absolute atomic E-state index is 0.0587. The van der Waals surface area contributed by atoms with E-state index in [2.05, 4.69) is 11.1 Å². The number of pyridine rings is 1. The number of aromatic nitrogens is 1. The Morgan fingerprint density at radius 3 is 3.08 bits per heavy atom. The van der Waals surface area contributed by atoms with Crippen molar-refractivity contribution in [1.82, 2.24) is 10.5 Å². The maximum absolute atomic E-state index is 12.4. The van der Waals surface area contributed by atoms with E-state index >= 15 is 0 Å². The van der Waals surface area contributed by atoms with Crippen LogP contribution in [0.4, 0.5) is 5.69 Å². The highest BCUT2D eigenvalue weighted by molar-refractivity contribution is 6.01. The van der Waals surface area contributed by atoms with Crippen molar-refractivity contribution in [3.05, 3.63) is 58.9 Å². The van der Waals surface area contributed by atoms with Crippen LogP contribution in [-0.4, -0.2) is 28.6 Å². The first kappa shape index (κ1) is 15.3. The van der Waals surface area contributed by atoms with Gasteiger partial charge in [0.25, 0.3) is 11.8 Å². The summed E-state index contributed by atoms with van der Waals surface area (Å²) in [7, 11) is 0. The number of carbonyl (C=O) groups excluding carboxylic acids is 2. The quantitative estimate of drug-likeness (QED) is 0.657. The molecular formula is C18H15N3O4. The molecule has 2 heterocycles. The minimum atomic E-state index is -0.648. The van der Waals surface area contributed by atoms with Crippen LogP contribution in [0.2, 0.25) is 0 Å². The second-order valence-electron chi connectivity index (χ2n) is 5.88. The van der Waals surface area contributed by atoms with Crippen molar-refractivity contribution < 1.29 is 19.5 Å². The summed E-state index contributed by atoms with van der Waals surface area (Å²) in [5.41, 5.74) is 5.30. The summed E-state index contributed by atoms with van der Waals surface area (Å²) in [6.45, 7) is 0.268. The lowest BCUT2D eigenvalue weighted by atomic mass is 10.1. The fourth-order valence-electron chi connectivity index (χ4n) is 3.02. The van der Waals surface area contributed by atoms with E-state index in [1.165, 1.54) is 12.1 Å². The number of carbonyl (C=O) groups is 2. The molecule has 4 rings (SSSR count). The molecule has 0 spiro atoms. The Morgan fingerprint density at radius 1 is 1.36 bits per heavy atom. The van der Waals surface area contributed by atoms with Gasteiger partial charge in [0.2, 0.25) is 0 Å². The minimum Gasteiger partial charge on any atom is -0.482 e. The zero-order valence-corrected chi connectivity index (χ0v) is 13.2. The van der Waals surface area contributed by atoms with E-state index in [9.17, 15) is 9.59 Å². The van der Waals surface area contributed by atoms with Gasteiger partial charge in [-0.2, -0.15) is 0 Å². The van der Waals surface area contributed by atoms with Crippen LogP contribution in [0.25, 0.3) is 6.08 Å². The largest absolute Gasteiger partial charge is 0.482 e. The zero-order chi connectivity index (χ0) is 17.4. The van der Waals surface area contributed by atoms with Gasteiger partial charge in [0, 0.05) is 18.2 Å².